The molecule has 0 saturated heterocycles. The molecule has 0 atom stereocenters. The monoisotopic (exact) mass is 230 g/mol. The summed E-state index contributed by atoms with van der Waals surface area (Å²) in [7, 11) is 0. The van der Waals surface area contributed by atoms with Crippen molar-refractivity contribution >= 4 is 34.3 Å². The lowest BCUT2D eigenvalue weighted by atomic mass is 10.4. The van der Waals surface area contributed by atoms with Crippen LogP contribution in [0, 0.1) is 0 Å². The molecule has 2 aromatic rings. The molecule has 2 aromatic heterocycles. The van der Waals surface area contributed by atoms with Gasteiger partial charge in [-0.3, -0.25) is 0 Å². The number of nitrogens with zero attached hydrogens (tertiary/aromatic N) is 1. The van der Waals surface area contributed by atoms with Crippen LogP contribution in [0.25, 0.3) is 9.88 Å². The molecule has 0 aliphatic rings. The fourth-order valence-corrected chi connectivity index (χ4v) is 2.89. The van der Waals surface area contributed by atoms with Crippen LogP contribution in [0.3, 0.4) is 0 Å². The van der Waals surface area contributed by atoms with Gasteiger partial charge in [0.05, 0.1) is 14.9 Å². The van der Waals surface area contributed by atoms with Crippen molar-refractivity contribution in [2.24, 2.45) is 5.73 Å². The quantitative estimate of drug-likeness (QED) is 0.862. The maximum Gasteiger partial charge on any atom is 0.133 e. The topological polar surface area (TPSA) is 38.9 Å². The molecule has 2 heterocycles. The van der Waals surface area contributed by atoms with Crippen molar-refractivity contribution in [3.63, 3.8) is 0 Å². The summed E-state index contributed by atoms with van der Waals surface area (Å²) in [4.78, 5) is 5.46. The van der Waals surface area contributed by atoms with E-state index in [4.69, 9.17) is 17.3 Å². The second-order valence-corrected chi connectivity index (χ2v) is 5.03. The van der Waals surface area contributed by atoms with Crippen molar-refractivity contribution in [2.45, 2.75) is 6.54 Å². The van der Waals surface area contributed by atoms with Crippen LogP contribution in [-0.2, 0) is 6.54 Å². The van der Waals surface area contributed by atoms with Gasteiger partial charge in [-0.05, 0) is 12.1 Å². The highest BCUT2D eigenvalue weighted by Crippen LogP contribution is 2.32. The highest BCUT2D eigenvalue weighted by Gasteiger charge is 2.05. The molecule has 0 aliphatic heterocycles. The minimum atomic E-state index is 0.496. The lowest BCUT2D eigenvalue weighted by molar-refractivity contribution is 1.01. The molecule has 0 bridgehead atoms. The Morgan fingerprint density at radius 2 is 2.31 bits per heavy atom. The number of halogens is 1. The molecule has 0 fully saturated rings. The number of nitrogens with two attached hydrogens (primary N) is 1. The summed E-state index contributed by atoms with van der Waals surface area (Å²) in [5, 5.41) is 2.97. The summed E-state index contributed by atoms with van der Waals surface area (Å²) in [5.41, 5.74) is 6.40. The average molecular weight is 231 g/mol. The van der Waals surface area contributed by atoms with Gasteiger partial charge in [0.25, 0.3) is 0 Å². The van der Waals surface area contributed by atoms with Crippen molar-refractivity contribution in [1.29, 1.82) is 0 Å². The Morgan fingerprint density at radius 3 is 2.85 bits per heavy atom. The minimum absolute atomic E-state index is 0.496. The molecule has 68 valence electrons. The molecule has 5 heteroatoms. The Labute approximate surface area is 89.0 Å². The van der Waals surface area contributed by atoms with E-state index in [-0.39, 0.29) is 0 Å². The minimum Gasteiger partial charge on any atom is -0.325 e. The first-order valence-corrected chi connectivity index (χ1v) is 5.77. The number of hydrogen-bond acceptors (Lipinski definition) is 4. The first-order valence-electron chi connectivity index (χ1n) is 3.70. The lowest BCUT2D eigenvalue weighted by Gasteiger charge is -1.87. The number of rotatable bonds is 2. The van der Waals surface area contributed by atoms with E-state index in [9.17, 15) is 0 Å². The van der Waals surface area contributed by atoms with Gasteiger partial charge in [-0.25, -0.2) is 4.98 Å². The largest absolute Gasteiger partial charge is 0.325 e. The Kier molecular flexibility index (Phi) is 2.64. The van der Waals surface area contributed by atoms with Crippen molar-refractivity contribution in [1.82, 2.24) is 4.98 Å². The van der Waals surface area contributed by atoms with E-state index in [0.717, 1.165) is 19.9 Å². The van der Waals surface area contributed by atoms with Crippen LogP contribution in [0.5, 0.6) is 0 Å². The van der Waals surface area contributed by atoms with E-state index < -0.39 is 0 Å². The summed E-state index contributed by atoms with van der Waals surface area (Å²) < 4.78 is 0.791. The van der Waals surface area contributed by atoms with Gasteiger partial charge in [-0.1, -0.05) is 11.6 Å². The molecule has 2 N–H and O–H groups in total. The van der Waals surface area contributed by atoms with Gasteiger partial charge >= 0.3 is 0 Å². The molecule has 0 saturated carbocycles. The second-order valence-electron chi connectivity index (χ2n) is 2.45. The van der Waals surface area contributed by atoms with Crippen LogP contribution >= 0.6 is 34.3 Å². The lowest BCUT2D eigenvalue weighted by Crippen LogP contribution is -1.95. The molecular formula is C8H7ClN2S2. The van der Waals surface area contributed by atoms with Crippen molar-refractivity contribution in [3.8, 4) is 9.88 Å². The van der Waals surface area contributed by atoms with Crippen LogP contribution in [0.2, 0.25) is 4.34 Å². The van der Waals surface area contributed by atoms with E-state index in [1.807, 2.05) is 17.5 Å². The van der Waals surface area contributed by atoms with Crippen molar-refractivity contribution < 1.29 is 0 Å². The molecule has 0 unspecified atom stereocenters. The summed E-state index contributed by atoms with van der Waals surface area (Å²) in [6, 6.07) is 3.86. The molecule has 0 amide bonds. The van der Waals surface area contributed by atoms with Crippen LogP contribution in [0.15, 0.2) is 17.5 Å². The Hall–Kier alpha value is -0.420. The maximum atomic E-state index is 5.82. The first-order chi connectivity index (χ1) is 6.29. The Morgan fingerprint density at radius 1 is 1.46 bits per heavy atom. The summed E-state index contributed by atoms with van der Waals surface area (Å²) in [6.45, 7) is 0.496. The highest BCUT2D eigenvalue weighted by molar-refractivity contribution is 7.23. The van der Waals surface area contributed by atoms with Crippen molar-refractivity contribution in [3.05, 3.63) is 27.5 Å². The summed E-state index contributed by atoms with van der Waals surface area (Å²) in [5.74, 6) is 0. The molecule has 13 heavy (non-hydrogen) atoms. The zero-order valence-corrected chi connectivity index (χ0v) is 9.05. The van der Waals surface area contributed by atoms with E-state index in [2.05, 4.69) is 4.98 Å². The van der Waals surface area contributed by atoms with Crippen LogP contribution in [0.4, 0.5) is 0 Å². The third-order valence-electron chi connectivity index (χ3n) is 1.54. The fourth-order valence-electron chi connectivity index (χ4n) is 0.943. The zero-order chi connectivity index (χ0) is 9.26. The van der Waals surface area contributed by atoms with Gasteiger partial charge in [0, 0.05) is 11.9 Å². The molecule has 2 nitrogen and oxygen atoms in total. The van der Waals surface area contributed by atoms with Crippen LogP contribution in [0.1, 0.15) is 5.69 Å². The van der Waals surface area contributed by atoms with Gasteiger partial charge in [0.1, 0.15) is 5.01 Å². The summed E-state index contributed by atoms with van der Waals surface area (Å²) >= 11 is 8.96. The number of hydrogen-bond donors (Lipinski definition) is 1. The molecule has 0 radical (unpaired) electrons. The molecular weight excluding hydrogens is 224 g/mol. The first kappa shape index (κ1) is 9.15. The zero-order valence-electron chi connectivity index (χ0n) is 6.66. The standard InChI is InChI=1S/C8H7ClN2S2/c9-7-2-1-6(13-7)8-11-5(3-10)4-12-8/h1-2,4H,3,10H2. The molecule has 0 aliphatic carbocycles. The maximum absolute atomic E-state index is 5.82. The SMILES string of the molecule is NCc1csc(-c2ccc(Cl)s2)n1. The Balaban J connectivity index is 2.35. The Bertz CT molecular complexity index is 408. The van der Waals surface area contributed by atoms with E-state index in [1.54, 1.807) is 11.3 Å². The third-order valence-corrected chi connectivity index (χ3v) is 3.84. The molecule has 0 aromatic carbocycles. The van der Waals surface area contributed by atoms with E-state index in [1.165, 1.54) is 11.3 Å². The normalized spacial score (nSPS) is 10.6. The van der Waals surface area contributed by atoms with Crippen molar-refractivity contribution in [2.75, 3.05) is 0 Å². The average Bonchev–Trinajstić information content (AvgIpc) is 2.71. The van der Waals surface area contributed by atoms with Gasteiger partial charge in [-0.15, -0.1) is 22.7 Å². The predicted molar refractivity (Wildman–Crippen MR) is 58.3 cm³/mol. The predicted octanol–water partition coefficient (Wildman–Crippen LogP) is 2.98. The van der Waals surface area contributed by atoms with E-state index >= 15 is 0 Å². The summed E-state index contributed by atoms with van der Waals surface area (Å²) in [6.07, 6.45) is 0. The van der Waals surface area contributed by atoms with Crippen LogP contribution in [-0.4, -0.2) is 4.98 Å². The van der Waals surface area contributed by atoms with Crippen LogP contribution < -0.4 is 5.73 Å². The number of thiazole rings is 1. The van der Waals surface area contributed by atoms with Gasteiger partial charge < -0.3 is 5.73 Å². The molecule has 2 rings (SSSR count). The number of thiophene rings is 1. The van der Waals surface area contributed by atoms with E-state index in [0.29, 0.717) is 6.54 Å². The van der Waals surface area contributed by atoms with Gasteiger partial charge in [0.15, 0.2) is 0 Å². The smallest absolute Gasteiger partial charge is 0.133 e. The molecule has 0 spiro atoms. The second kappa shape index (κ2) is 3.75. The fraction of sp³-hybridized carbons (Fsp3) is 0.125. The number of aromatic nitrogens is 1. The third kappa shape index (κ3) is 1.91. The van der Waals surface area contributed by atoms with Gasteiger partial charge in [-0.2, -0.15) is 0 Å². The highest BCUT2D eigenvalue weighted by atomic mass is 35.5. The van der Waals surface area contributed by atoms with Gasteiger partial charge in [0.2, 0.25) is 0 Å².